The van der Waals surface area contributed by atoms with Gasteiger partial charge in [-0.1, -0.05) is 6.08 Å². The molecule has 1 aliphatic rings. The van der Waals surface area contributed by atoms with Gasteiger partial charge in [0.05, 0.1) is 6.26 Å². The van der Waals surface area contributed by atoms with E-state index in [2.05, 4.69) is 21.8 Å². The summed E-state index contributed by atoms with van der Waals surface area (Å²) in [5.74, 6) is 1.20. The predicted molar refractivity (Wildman–Crippen MR) is 87.9 cm³/mol. The van der Waals surface area contributed by atoms with Crippen molar-refractivity contribution in [3.8, 4) is 0 Å². The SMILES string of the molecule is C=CCCCN(C)C(=NC)NCC1CCN(S(C)(=O)=O)C1. The Kier molecular flexibility index (Phi) is 7.17. The number of aliphatic imine (C=N–C) groups is 1. The van der Waals surface area contributed by atoms with Crippen LogP contribution in [0.2, 0.25) is 0 Å². The molecule has 0 aromatic rings. The maximum atomic E-state index is 11.5. The number of nitrogens with one attached hydrogen (secondary N) is 1. The quantitative estimate of drug-likeness (QED) is 0.326. The number of sulfonamides is 1. The van der Waals surface area contributed by atoms with Crippen LogP contribution in [0.25, 0.3) is 0 Å². The first-order chi connectivity index (χ1) is 9.88. The number of hydrogen-bond acceptors (Lipinski definition) is 3. The molecule has 1 rings (SSSR count). The first-order valence-electron chi connectivity index (χ1n) is 7.36. The van der Waals surface area contributed by atoms with Crippen LogP contribution >= 0.6 is 0 Å². The molecule has 0 aromatic carbocycles. The van der Waals surface area contributed by atoms with Crippen molar-refractivity contribution in [2.75, 3.05) is 46.5 Å². The fourth-order valence-electron chi connectivity index (χ4n) is 2.46. The summed E-state index contributed by atoms with van der Waals surface area (Å²) < 4.78 is 24.5. The van der Waals surface area contributed by atoms with Crippen LogP contribution in [0.3, 0.4) is 0 Å². The van der Waals surface area contributed by atoms with Crippen LogP contribution in [-0.4, -0.2) is 70.1 Å². The molecule has 1 saturated heterocycles. The lowest BCUT2D eigenvalue weighted by Gasteiger charge is -2.23. The van der Waals surface area contributed by atoms with E-state index >= 15 is 0 Å². The van der Waals surface area contributed by atoms with Crippen molar-refractivity contribution in [2.24, 2.45) is 10.9 Å². The molecule has 0 aromatic heterocycles. The molecule has 1 atom stereocenters. The zero-order chi connectivity index (χ0) is 15.9. The largest absolute Gasteiger partial charge is 0.356 e. The Bertz CT molecular complexity index is 462. The van der Waals surface area contributed by atoms with Crippen LogP contribution in [0.15, 0.2) is 17.6 Å². The van der Waals surface area contributed by atoms with Crippen molar-refractivity contribution in [3.05, 3.63) is 12.7 Å². The lowest BCUT2D eigenvalue weighted by Crippen LogP contribution is -2.42. The maximum Gasteiger partial charge on any atom is 0.211 e. The van der Waals surface area contributed by atoms with Crippen molar-refractivity contribution in [1.82, 2.24) is 14.5 Å². The Morgan fingerprint density at radius 2 is 2.29 bits per heavy atom. The summed E-state index contributed by atoms with van der Waals surface area (Å²) in [7, 11) is 0.722. The van der Waals surface area contributed by atoms with E-state index in [0.29, 0.717) is 19.0 Å². The second kappa shape index (κ2) is 8.38. The molecule has 0 amide bonds. The summed E-state index contributed by atoms with van der Waals surface area (Å²) in [4.78, 5) is 6.36. The first-order valence-corrected chi connectivity index (χ1v) is 9.21. The third kappa shape index (κ3) is 6.05. The number of allylic oxidation sites excluding steroid dienone is 1. The number of hydrogen-bond donors (Lipinski definition) is 1. The van der Waals surface area contributed by atoms with E-state index in [1.165, 1.54) is 6.26 Å². The Morgan fingerprint density at radius 3 is 2.81 bits per heavy atom. The van der Waals surface area contributed by atoms with Gasteiger partial charge in [-0.3, -0.25) is 4.99 Å². The van der Waals surface area contributed by atoms with E-state index in [9.17, 15) is 8.42 Å². The summed E-state index contributed by atoms with van der Waals surface area (Å²) in [6.45, 7) is 6.62. The van der Waals surface area contributed by atoms with Crippen LogP contribution in [0.5, 0.6) is 0 Å². The van der Waals surface area contributed by atoms with Gasteiger partial charge in [0, 0.05) is 40.3 Å². The van der Waals surface area contributed by atoms with Crippen molar-refractivity contribution in [3.63, 3.8) is 0 Å². The van der Waals surface area contributed by atoms with Gasteiger partial charge in [-0.25, -0.2) is 12.7 Å². The minimum absolute atomic E-state index is 0.345. The summed E-state index contributed by atoms with van der Waals surface area (Å²) in [5, 5.41) is 3.34. The lowest BCUT2D eigenvalue weighted by molar-refractivity contribution is 0.441. The Morgan fingerprint density at radius 1 is 1.57 bits per heavy atom. The fraction of sp³-hybridized carbons (Fsp3) is 0.786. The van der Waals surface area contributed by atoms with Crippen molar-refractivity contribution in [2.45, 2.75) is 19.3 Å². The molecule has 0 saturated carbocycles. The zero-order valence-corrected chi connectivity index (χ0v) is 14.2. The summed E-state index contributed by atoms with van der Waals surface area (Å²) in [6, 6.07) is 0. The lowest BCUT2D eigenvalue weighted by atomic mass is 10.1. The second-order valence-corrected chi connectivity index (χ2v) is 7.54. The number of nitrogens with zero attached hydrogens (tertiary/aromatic N) is 3. The normalized spacial score (nSPS) is 20.5. The Balaban J connectivity index is 2.38. The molecule has 1 heterocycles. The van der Waals surface area contributed by atoms with Crippen LogP contribution in [0, 0.1) is 5.92 Å². The Hall–Kier alpha value is -1.08. The highest BCUT2D eigenvalue weighted by Gasteiger charge is 2.28. The summed E-state index contributed by atoms with van der Waals surface area (Å²) >= 11 is 0. The van der Waals surface area contributed by atoms with Gasteiger partial charge in [-0.05, 0) is 25.2 Å². The highest BCUT2D eigenvalue weighted by Crippen LogP contribution is 2.17. The van der Waals surface area contributed by atoms with Gasteiger partial charge in [0.2, 0.25) is 10.0 Å². The molecular formula is C14H28N4O2S. The molecule has 122 valence electrons. The van der Waals surface area contributed by atoms with E-state index in [0.717, 1.165) is 38.3 Å². The van der Waals surface area contributed by atoms with E-state index in [4.69, 9.17) is 0 Å². The fourth-order valence-corrected chi connectivity index (χ4v) is 3.38. The monoisotopic (exact) mass is 316 g/mol. The smallest absolute Gasteiger partial charge is 0.211 e. The number of rotatable bonds is 7. The van der Waals surface area contributed by atoms with Gasteiger partial charge in [-0.2, -0.15) is 0 Å². The van der Waals surface area contributed by atoms with Gasteiger partial charge in [-0.15, -0.1) is 6.58 Å². The molecule has 0 aliphatic carbocycles. The van der Waals surface area contributed by atoms with Crippen LogP contribution in [0.1, 0.15) is 19.3 Å². The molecule has 7 heteroatoms. The molecule has 1 fully saturated rings. The minimum Gasteiger partial charge on any atom is -0.356 e. The Labute approximate surface area is 129 Å². The van der Waals surface area contributed by atoms with Crippen LogP contribution in [0.4, 0.5) is 0 Å². The minimum atomic E-state index is -3.06. The van der Waals surface area contributed by atoms with Gasteiger partial charge in [0.25, 0.3) is 0 Å². The van der Waals surface area contributed by atoms with Crippen molar-refractivity contribution < 1.29 is 8.42 Å². The maximum absolute atomic E-state index is 11.5. The van der Waals surface area contributed by atoms with Crippen molar-refractivity contribution >= 4 is 16.0 Å². The van der Waals surface area contributed by atoms with Crippen LogP contribution in [-0.2, 0) is 10.0 Å². The van der Waals surface area contributed by atoms with Gasteiger partial charge < -0.3 is 10.2 Å². The molecule has 0 radical (unpaired) electrons. The average molecular weight is 316 g/mol. The van der Waals surface area contributed by atoms with Crippen LogP contribution < -0.4 is 5.32 Å². The van der Waals surface area contributed by atoms with E-state index in [1.807, 2.05) is 13.1 Å². The van der Waals surface area contributed by atoms with Crippen molar-refractivity contribution in [1.29, 1.82) is 0 Å². The highest BCUT2D eigenvalue weighted by atomic mass is 32.2. The first kappa shape index (κ1) is 18.0. The predicted octanol–water partition coefficient (Wildman–Crippen LogP) is 0.741. The zero-order valence-electron chi connectivity index (χ0n) is 13.4. The topological polar surface area (TPSA) is 65.0 Å². The van der Waals surface area contributed by atoms with Gasteiger partial charge in [0.15, 0.2) is 5.96 Å². The molecule has 6 nitrogen and oxygen atoms in total. The third-order valence-corrected chi connectivity index (χ3v) is 5.01. The highest BCUT2D eigenvalue weighted by molar-refractivity contribution is 7.88. The van der Waals surface area contributed by atoms with E-state index < -0.39 is 10.0 Å². The summed E-state index contributed by atoms with van der Waals surface area (Å²) in [5.41, 5.74) is 0. The molecule has 1 aliphatic heterocycles. The van der Waals surface area contributed by atoms with Gasteiger partial charge in [0.1, 0.15) is 0 Å². The number of guanidine groups is 1. The molecule has 1 N–H and O–H groups in total. The van der Waals surface area contributed by atoms with E-state index in [1.54, 1.807) is 11.4 Å². The second-order valence-electron chi connectivity index (χ2n) is 5.56. The average Bonchev–Trinajstić information content (AvgIpc) is 2.88. The molecule has 21 heavy (non-hydrogen) atoms. The molecule has 0 spiro atoms. The van der Waals surface area contributed by atoms with Gasteiger partial charge >= 0.3 is 0 Å². The molecular weight excluding hydrogens is 288 g/mol. The number of unbranched alkanes of at least 4 members (excludes halogenated alkanes) is 1. The third-order valence-electron chi connectivity index (χ3n) is 3.74. The van der Waals surface area contributed by atoms with E-state index in [-0.39, 0.29) is 0 Å². The standard InChI is InChI=1S/C14H28N4O2S/c1-5-6-7-9-17(3)14(15-2)16-11-13-8-10-18(12-13)21(4,19)20/h5,13H,1,6-12H2,2-4H3,(H,15,16). The molecule has 0 bridgehead atoms. The molecule has 1 unspecified atom stereocenters. The summed E-state index contributed by atoms with van der Waals surface area (Å²) in [6.07, 6.45) is 6.13.